The number of anilines is 3. The van der Waals surface area contributed by atoms with E-state index in [1.165, 1.54) is 6.92 Å². The van der Waals surface area contributed by atoms with Crippen LogP contribution in [0.5, 0.6) is 0 Å². The van der Waals surface area contributed by atoms with Gasteiger partial charge in [-0.1, -0.05) is 23.7 Å². The van der Waals surface area contributed by atoms with E-state index in [9.17, 15) is 14.4 Å². The summed E-state index contributed by atoms with van der Waals surface area (Å²) in [5.74, 6) is -1.31. The highest BCUT2D eigenvalue weighted by Gasteiger charge is 2.48. The lowest BCUT2D eigenvalue weighted by atomic mass is 10.2. The van der Waals surface area contributed by atoms with Gasteiger partial charge in [0.25, 0.3) is 0 Å². The van der Waals surface area contributed by atoms with Crippen LogP contribution in [-0.2, 0) is 14.4 Å². The molecule has 1 saturated carbocycles. The second kappa shape index (κ2) is 7.58. The number of halogens is 1. The summed E-state index contributed by atoms with van der Waals surface area (Å²) in [6.45, 7) is 1.42. The molecule has 3 amide bonds. The summed E-state index contributed by atoms with van der Waals surface area (Å²) in [4.78, 5) is 35.7. The Balaban J connectivity index is 1.55. The molecule has 3 N–H and O–H groups in total. The fourth-order valence-corrected chi connectivity index (χ4v) is 2.88. The van der Waals surface area contributed by atoms with Crippen molar-refractivity contribution in [3.8, 4) is 0 Å². The lowest BCUT2D eigenvalue weighted by Crippen LogP contribution is -2.20. The summed E-state index contributed by atoms with van der Waals surface area (Å²) >= 11 is 5.90. The van der Waals surface area contributed by atoms with Crippen LogP contribution in [0.15, 0.2) is 48.5 Å². The van der Waals surface area contributed by atoms with Crippen molar-refractivity contribution in [1.29, 1.82) is 0 Å². The topological polar surface area (TPSA) is 87.3 Å². The predicted molar refractivity (Wildman–Crippen MR) is 101 cm³/mol. The molecule has 0 heterocycles. The van der Waals surface area contributed by atoms with Gasteiger partial charge in [0, 0.05) is 29.0 Å². The molecule has 0 aliphatic heterocycles. The quantitative estimate of drug-likeness (QED) is 0.751. The summed E-state index contributed by atoms with van der Waals surface area (Å²) in [7, 11) is 0. The zero-order valence-electron chi connectivity index (χ0n) is 14.1. The molecular formula is C19H18ClN3O3. The maximum absolute atomic E-state index is 12.3. The number of carbonyl (C=O) groups excluding carboxylic acids is 3. The molecule has 1 aliphatic rings. The third-order valence-corrected chi connectivity index (χ3v) is 4.24. The molecule has 2 aromatic rings. The van der Waals surface area contributed by atoms with E-state index in [4.69, 9.17) is 11.6 Å². The van der Waals surface area contributed by atoms with Gasteiger partial charge >= 0.3 is 0 Å². The van der Waals surface area contributed by atoms with Crippen LogP contribution in [0.25, 0.3) is 0 Å². The van der Waals surface area contributed by atoms with Gasteiger partial charge in [0.2, 0.25) is 17.7 Å². The normalized spacial score (nSPS) is 17.9. The standard InChI is InChI=1S/C19H18ClN3O3/c1-11(24)21-14-6-3-7-15(9-14)23-19(26)17-10-16(17)18(25)22-13-5-2-4-12(20)8-13/h2-9,16-17H,10H2,1H3,(H,21,24)(H,22,25)(H,23,26). The number of rotatable bonds is 5. The Bertz CT molecular complexity index is 869. The van der Waals surface area contributed by atoms with Gasteiger partial charge in [-0.05, 0) is 42.8 Å². The zero-order chi connectivity index (χ0) is 18.7. The average molecular weight is 372 g/mol. The molecule has 0 aromatic heterocycles. The minimum Gasteiger partial charge on any atom is -0.326 e. The van der Waals surface area contributed by atoms with Crippen molar-refractivity contribution in [2.45, 2.75) is 13.3 Å². The van der Waals surface area contributed by atoms with Crippen molar-refractivity contribution in [3.63, 3.8) is 0 Å². The molecule has 134 valence electrons. The van der Waals surface area contributed by atoms with Gasteiger partial charge in [-0.25, -0.2) is 0 Å². The highest BCUT2D eigenvalue weighted by atomic mass is 35.5. The zero-order valence-corrected chi connectivity index (χ0v) is 14.8. The van der Waals surface area contributed by atoms with E-state index in [0.29, 0.717) is 28.5 Å². The first-order valence-corrected chi connectivity index (χ1v) is 8.55. The molecule has 2 aromatic carbocycles. The van der Waals surface area contributed by atoms with Gasteiger partial charge in [0.15, 0.2) is 0 Å². The van der Waals surface area contributed by atoms with E-state index in [1.807, 2.05) is 0 Å². The van der Waals surface area contributed by atoms with E-state index in [1.54, 1.807) is 48.5 Å². The van der Waals surface area contributed by atoms with Gasteiger partial charge in [0.1, 0.15) is 0 Å². The van der Waals surface area contributed by atoms with Gasteiger partial charge in [-0.2, -0.15) is 0 Å². The Kier molecular flexibility index (Phi) is 5.23. The second-order valence-electron chi connectivity index (χ2n) is 6.20. The maximum atomic E-state index is 12.3. The van der Waals surface area contributed by atoms with E-state index >= 15 is 0 Å². The van der Waals surface area contributed by atoms with Crippen LogP contribution in [0.1, 0.15) is 13.3 Å². The highest BCUT2D eigenvalue weighted by molar-refractivity contribution is 6.30. The van der Waals surface area contributed by atoms with Crippen LogP contribution in [0.4, 0.5) is 17.1 Å². The Morgan fingerprint density at radius 2 is 1.35 bits per heavy atom. The number of carbonyl (C=O) groups is 3. The van der Waals surface area contributed by atoms with Gasteiger partial charge < -0.3 is 16.0 Å². The third-order valence-electron chi connectivity index (χ3n) is 4.01. The molecule has 6 nitrogen and oxygen atoms in total. The molecule has 2 unspecified atom stereocenters. The number of amides is 3. The van der Waals surface area contributed by atoms with Crippen molar-refractivity contribution < 1.29 is 14.4 Å². The Morgan fingerprint density at radius 1 is 0.846 bits per heavy atom. The van der Waals surface area contributed by atoms with Gasteiger partial charge in [-0.15, -0.1) is 0 Å². The number of benzene rings is 2. The minimum atomic E-state index is -0.362. The molecule has 7 heteroatoms. The van der Waals surface area contributed by atoms with Crippen molar-refractivity contribution in [3.05, 3.63) is 53.6 Å². The Hall–Kier alpha value is -2.86. The lowest BCUT2D eigenvalue weighted by Gasteiger charge is -2.08. The predicted octanol–water partition coefficient (Wildman–Crippen LogP) is 3.51. The van der Waals surface area contributed by atoms with E-state index in [0.717, 1.165) is 0 Å². The number of hydrogen-bond donors (Lipinski definition) is 3. The molecule has 2 atom stereocenters. The molecule has 3 rings (SSSR count). The summed E-state index contributed by atoms with van der Waals surface area (Å²) in [5, 5.41) is 8.75. The molecule has 26 heavy (non-hydrogen) atoms. The fourth-order valence-electron chi connectivity index (χ4n) is 2.69. The minimum absolute atomic E-state index is 0.187. The summed E-state index contributed by atoms with van der Waals surface area (Å²) < 4.78 is 0. The first-order valence-electron chi connectivity index (χ1n) is 8.17. The van der Waals surface area contributed by atoms with Crippen LogP contribution in [0, 0.1) is 11.8 Å². The number of hydrogen-bond acceptors (Lipinski definition) is 3. The van der Waals surface area contributed by atoms with Crippen LogP contribution in [0.3, 0.4) is 0 Å². The van der Waals surface area contributed by atoms with Gasteiger partial charge in [-0.3, -0.25) is 14.4 Å². The molecule has 1 aliphatic carbocycles. The molecule has 0 bridgehead atoms. The van der Waals surface area contributed by atoms with E-state index in [-0.39, 0.29) is 29.6 Å². The largest absolute Gasteiger partial charge is 0.326 e. The Labute approximate surface area is 155 Å². The molecule has 1 fully saturated rings. The second-order valence-corrected chi connectivity index (χ2v) is 6.64. The molecule has 0 spiro atoms. The van der Waals surface area contributed by atoms with Crippen LogP contribution < -0.4 is 16.0 Å². The van der Waals surface area contributed by atoms with Crippen molar-refractivity contribution >= 4 is 46.4 Å². The number of nitrogens with one attached hydrogen (secondary N) is 3. The molecule has 0 radical (unpaired) electrons. The monoisotopic (exact) mass is 371 g/mol. The van der Waals surface area contributed by atoms with E-state index in [2.05, 4.69) is 16.0 Å². The van der Waals surface area contributed by atoms with Gasteiger partial charge in [0.05, 0.1) is 11.8 Å². The average Bonchev–Trinajstić information content (AvgIpc) is 3.35. The Morgan fingerprint density at radius 3 is 1.88 bits per heavy atom. The van der Waals surface area contributed by atoms with Crippen molar-refractivity contribution in [2.24, 2.45) is 11.8 Å². The summed E-state index contributed by atoms with van der Waals surface area (Å²) in [6, 6.07) is 13.7. The van der Waals surface area contributed by atoms with Crippen LogP contribution >= 0.6 is 11.6 Å². The van der Waals surface area contributed by atoms with Crippen LogP contribution in [-0.4, -0.2) is 17.7 Å². The fraction of sp³-hybridized carbons (Fsp3) is 0.211. The highest BCUT2D eigenvalue weighted by Crippen LogP contribution is 2.40. The van der Waals surface area contributed by atoms with Crippen molar-refractivity contribution in [1.82, 2.24) is 0 Å². The summed E-state index contributed by atoms with van der Waals surface area (Å²) in [5.41, 5.74) is 1.78. The summed E-state index contributed by atoms with van der Waals surface area (Å²) in [6.07, 6.45) is 0.504. The smallest absolute Gasteiger partial charge is 0.228 e. The SMILES string of the molecule is CC(=O)Nc1cccc(NC(=O)C2CC2C(=O)Nc2cccc(Cl)c2)c1. The lowest BCUT2D eigenvalue weighted by molar-refractivity contribution is -0.122. The first kappa shape index (κ1) is 17.9. The van der Waals surface area contributed by atoms with E-state index < -0.39 is 0 Å². The molecular weight excluding hydrogens is 354 g/mol. The molecule has 0 saturated heterocycles. The van der Waals surface area contributed by atoms with Crippen molar-refractivity contribution in [2.75, 3.05) is 16.0 Å². The first-order chi connectivity index (χ1) is 12.4. The third kappa shape index (κ3) is 4.61. The van der Waals surface area contributed by atoms with Crippen LogP contribution in [0.2, 0.25) is 5.02 Å². The maximum Gasteiger partial charge on any atom is 0.228 e.